The summed E-state index contributed by atoms with van der Waals surface area (Å²) in [6.45, 7) is 17.7. The first kappa shape index (κ1) is 22.4. The summed E-state index contributed by atoms with van der Waals surface area (Å²) < 4.78 is 6.80. The van der Waals surface area contributed by atoms with E-state index in [1.54, 1.807) is 0 Å². The van der Waals surface area contributed by atoms with Gasteiger partial charge >= 0.3 is 0 Å². The maximum Gasteiger partial charge on any atom is 0.158 e. The Morgan fingerprint density at radius 3 is 1.88 bits per heavy atom. The third-order valence-electron chi connectivity index (χ3n) is 7.81. The third kappa shape index (κ3) is 2.84. The van der Waals surface area contributed by atoms with Crippen LogP contribution in [0.2, 0.25) is 0 Å². The van der Waals surface area contributed by atoms with Gasteiger partial charge in [0, 0.05) is 50.7 Å². The molecule has 2 aliphatic carbocycles. The number of aliphatic imine (C=N–C) groups is 1. The van der Waals surface area contributed by atoms with E-state index >= 15 is 0 Å². The molecule has 0 fully saturated rings. The number of hydrogen-bond acceptors (Lipinski definition) is 4. The zero-order chi connectivity index (χ0) is 23.8. The molecule has 0 radical (unpaired) electrons. The fraction of sp³-hybridized carbons (Fsp3) is 0.464. The van der Waals surface area contributed by atoms with Gasteiger partial charge in [-0.15, -0.1) is 0 Å². The lowest BCUT2D eigenvalue weighted by atomic mass is 9.70. The number of likely N-dealkylation sites (N-methyl/N-ethyl adjacent to an activating group) is 1. The van der Waals surface area contributed by atoms with Crippen molar-refractivity contribution in [2.24, 2.45) is 10.9 Å². The van der Waals surface area contributed by atoms with E-state index in [9.17, 15) is 0 Å². The van der Waals surface area contributed by atoms with Gasteiger partial charge in [-0.05, 0) is 88.8 Å². The lowest BCUT2D eigenvalue weighted by Crippen LogP contribution is -2.36. The van der Waals surface area contributed by atoms with Gasteiger partial charge in [0.2, 0.25) is 0 Å². The minimum Gasteiger partial charge on any atom is -0.452 e. The highest BCUT2D eigenvalue weighted by Gasteiger charge is 2.42. The van der Waals surface area contributed by atoms with Crippen molar-refractivity contribution in [3.8, 4) is 5.75 Å². The quantitative estimate of drug-likeness (QED) is 0.531. The molecule has 0 saturated heterocycles. The van der Waals surface area contributed by atoms with Crippen LogP contribution in [0.5, 0.6) is 5.75 Å². The average molecular weight is 432 g/mol. The summed E-state index contributed by atoms with van der Waals surface area (Å²) in [5.41, 5.74) is 16.1. The molecule has 0 saturated carbocycles. The fourth-order valence-corrected chi connectivity index (χ4v) is 5.78. The Bertz CT molecular complexity index is 1220. The molecule has 0 N–H and O–H groups in total. The zero-order valence-electron chi connectivity index (χ0n) is 21.8. The van der Waals surface area contributed by atoms with Crippen LogP contribution in [-0.2, 0) is 0 Å². The summed E-state index contributed by atoms with van der Waals surface area (Å²) in [6, 6.07) is 0. The van der Waals surface area contributed by atoms with E-state index in [0.717, 1.165) is 34.0 Å². The van der Waals surface area contributed by atoms with Crippen LogP contribution in [0, 0.1) is 26.7 Å². The summed E-state index contributed by atoms with van der Waals surface area (Å²) in [5, 5.41) is 0. The third-order valence-corrected chi connectivity index (χ3v) is 7.81. The zero-order valence-corrected chi connectivity index (χ0v) is 21.8. The Morgan fingerprint density at radius 1 is 0.688 bits per heavy atom. The summed E-state index contributed by atoms with van der Waals surface area (Å²) in [5.74, 6) is 1.94. The molecule has 0 amide bonds. The molecule has 4 rings (SSSR count). The molecule has 1 unspecified atom stereocenters. The fourth-order valence-electron chi connectivity index (χ4n) is 5.78. The number of benzene rings is 1. The van der Waals surface area contributed by atoms with E-state index in [4.69, 9.17) is 9.73 Å². The van der Waals surface area contributed by atoms with Crippen molar-refractivity contribution in [3.63, 3.8) is 0 Å². The second-order valence-electron chi connectivity index (χ2n) is 10.00. The first-order chi connectivity index (χ1) is 14.9. The van der Waals surface area contributed by atoms with Gasteiger partial charge in [0.15, 0.2) is 11.5 Å². The molecule has 1 aromatic carbocycles. The molecular weight excluding hydrogens is 394 g/mol. The van der Waals surface area contributed by atoms with Crippen molar-refractivity contribution in [1.29, 1.82) is 0 Å². The molecule has 4 nitrogen and oxygen atoms in total. The molecule has 0 spiro atoms. The van der Waals surface area contributed by atoms with Crippen molar-refractivity contribution < 1.29 is 4.74 Å². The predicted octanol–water partition coefficient (Wildman–Crippen LogP) is 6.55. The van der Waals surface area contributed by atoms with Crippen LogP contribution in [0.1, 0.15) is 51.3 Å². The van der Waals surface area contributed by atoms with E-state index in [1.165, 1.54) is 50.4 Å². The van der Waals surface area contributed by atoms with Crippen molar-refractivity contribution in [1.82, 2.24) is 4.90 Å². The van der Waals surface area contributed by atoms with Gasteiger partial charge in [-0.2, -0.15) is 0 Å². The molecular formula is C28H37N3O. The SMILES string of the molecule is CC1=C(C)C2=C(N(C)C)C(C)=C3Oc4c(C)c(N(C)C)c(C)c(C)c4N=C3C2C(C)=C1C. The number of fused-ring (bicyclic) bond motifs is 4. The Hall–Kier alpha value is -2.75. The first-order valence-corrected chi connectivity index (χ1v) is 11.5. The lowest BCUT2D eigenvalue weighted by Gasteiger charge is -2.41. The van der Waals surface area contributed by atoms with Crippen LogP contribution < -0.4 is 9.64 Å². The number of allylic oxidation sites excluding steroid dienone is 7. The van der Waals surface area contributed by atoms with Gasteiger partial charge in [-0.25, -0.2) is 4.99 Å². The van der Waals surface area contributed by atoms with Crippen LogP contribution in [0.4, 0.5) is 11.4 Å². The first-order valence-electron chi connectivity index (χ1n) is 11.5. The average Bonchev–Trinajstić information content (AvgIpc) is 2.73. The minimum absolute atomic E-state index is 0.122. The van der Waals surface area contributed by atoms with Gasteiger partial charge in [0.1, 0.15) is 5.69 Å². The van der Waals surface area contributed by atoms with Crippen molar-refractivity contribution >= 4 is 17.1 Å². The van der Waals surface area contributed by atoms with Crippen LogP contribution in [-0.4, -0.2) is 38.8 Å². The standard InChI is InChI=1S/C28H37N3O/c1-13-14(2)16(4)22-21(15(13)3)24-28(20(8)26(22)31(11)12)32-27-19(7)25(30(9)10)18(6)17(5)23(27)29-24/h21H,1-12H3. The van der Waals surface area contributed by atoms with E-state index in [-0.39, 0.29) is 5.92 Å². The number of ether oxygens (including phenoxy) is 1. The molecule has 1 aliphatic heterocycles. The van der Waals surface area contributed by atoms with Crippen LogP contribution in [0.15, 0.2) is 49.9 Å². The topological polar surface area (TPSA) is 28.1 Å². The molecule has 32 heavy (non-hydrogen) atoms. The van der Waals surface area contributed by atoms with Crippen molar-refractivity contribution in [2.45, 2.75) is 55.4 Å². The van der Waals surface area contributed by atoms with Gasteiger partial charge < -0.3 is 14.5 Å². The molecule has 170 valence electrons. The smallest absolute Gasteiger partial charge is 0.158 e. The molecule has 1 aromatic rings. The molecule has 1 atom stereocenters. The van der Waals surface area contributed by atoms with Gasteiger partial charge in [0.05, 0.1) is 11.6 Å². The second kappa shape index (κ2) is 7.40. The maximum absolute atomic E-state index is 6.80. The minimum atomic E-state index is 0.122. The molecule has 0 bridgehead atoms. The highest BCUT2D eigenvalue weighted by atomic mass is 16.5. The predicted molar refractivity (Wildman–Crippen MR) is 136 cm³/mol. The lowest BCUT2D eigenvalue weighted by molar-refractivity contribution is 0.421. The van der Waals surface area contributed by atoms with Gasteiger partial charge in [-0.1, -0.05) is 5.57 Å². The normalized spacial score (nSPS) is 20.1. The number of nitrogens with zero attached hydrogens (tertiary/aromatic N) is 3. The maximum atomic E-state index is 6.80. The van der Waals surface area contributed by atoms with Crippen molar-refractivity contribution in [3.05, 3.63) is 61.6 Å². The van der Waals surface area contributed by atoms with Crippen molar-refractivity contribution in [2.75, 3.05) is 33.1 Å². The van der Waals surface area contributed by atoms with E-state index in [2.05, 4.69) is 93.4 Å². The Kier molecular flexibility index (Phi) is 5.19. The second-order valence-corrected chi connectivity index (χ2v) is 10.00. The highest BCUT2D eigenvalue weighted by Crippen LogP contribution is 2.52. The number of anilines is 1. The van der Waals surface area contributed by atoms with Crippen LogP contribution in [0.3, 0.4) is 0 Å². The summed E-state index contributed by atoms with van der Waals surface area (Å²) in [7, 11) is 8.46. The van der Waals surface area contributed by atoms with Gasteiger partial charge in [0.25, 0.3) is 0 Å². The van der Waals surface area contributed by atoms with Gasteiger partial charge in [-0.3, -0.25) is 0 Å². The number of rotatable bonds is 2. The van der Waals surface area contributed by atoms with E-state index < -0.39 is 0 Å². The summed E-state index contributed by atoms with van der Waals surface area (Å²) in [4.78, 5) is 9.79. The Morgan fingerprint density at radius 2 is 1.31 bits per heavy atom. The number of hydrogen-bond donors (Lipinski definition) is 0. The highest BCUT2D eigenvalue weighted by molar-refractivity contribution is 6.10. The summed E-state index contributed by atoms with van der Waals surface area (Å²) >= 11 is 0. The molecule has 4 heteroatoms. The van der Waals surface area contributed by atoms with Crippen LogP contribution >= 0.6 is 0 Å². The monoisotopic (exact) mass is 431 g/mol. The summed E-state index contributed by atoms with van der Waals surface area (Å²) in [6.07, 6.45) is 0. The molecule has 3 aliphatic rings. The Balaban J connectivity index is 2.10. The molecule has 1 heterocycles. The molecule has 0 aromatic heterocycles. The largest absolute Gasteiger partial charge is 0.452 e. The van der Waals surface area contributed by atoms with E-state index in [0.29, 0.717) is 0 Å². The van der Waals surface area contributed by atoms with Crippen LogP contribution in [0.25, 0.3) is 0 Å². The van der Waals surface area contributed by atoms with E-state index in [1.807, 2.05) is 0 Å². The Labute approximate surface area is 193 Å².